The van der Waals surface area contributed by atoms with E-state index in [-0.39, 0.29) is 31.4 Å². The molecule has 63 heavy (non-hydrogen) atoms. The number of aliphatic hydroxyl groups excluding tert-OH is 2. The first-order chi connectivity index (χ1) is 30.2. The quantitative estimate of drug-likeness (QED) is 0.0613. The van der Waals surface area contributed by atoms with Gasteiger partial charge in [0.05, 0.1) is 6.61 Å². The number of esters is 1. The van der Waals surface area contributed by atoms with Gasteiger partial charge >= 0.3 is 17.9 Å². The van der Waals surface area contributed by atoms with E-state index in [0.717, 1.165) is 59.1 Å². The molecule has 13 nitrogen and oxygen atoms in total. The minimum atomic E-state index is -1.55. The van der Waals surface area contributed by atoms with Crippen molar-refractivity contribution >= 4 is 47.0 Å². The maximum Gasteiger partial charge on any atom is 0.335 e. The highest BCUT2D eigenvalue weighted by Crippen LogP contribution is 2.25. The van der Waals surface area contributed by atoms with Crippen LogP contribution in [0, 0.1) is 0 Å². The van der Waals surface area contributed by atoms with Gasteiger partial charge in [0, 0.05) is 41.8 Å². The van der Waals surface area contributed by atoms with Gasteiger partial charge in [-0.2, -0.15) is 0 Å². The Balaban J connectivity index is 0.000000235. The first kappa shape index (κ1) is 50.8. The molecular weight excluding hydrogens is 851 g/mol. The standard InChI is InChI=1S/C23H26ClNO5.C19H22ClNO3.C6H10O3/c24-18-5-3-4-17(13-18)16-9-7-15(8-10-16)12-19(14-20(26)23(28)29)25-22(27)21-6-1-2-11-30-21;1-2-24-19(23)18(22)12-17(21)10-13-6-8-14(9-7-13)15-4-3-5-16(20)11-15;7-6(8)5-3-1-2-4-9-5/h3-5,7-10,13,19-21,26H,1-2,6,11-12,14H2,(H,25,27)(H,28,29);3-9,11,17-18,22H,2,10,12,21H2,1H3;5H,1-4H2,(H,7,8)/t19-,20-,21?;17-,18-;/m11./s1. The number of nitrogens with one attached hydrogen (secondary N) is 1. The van der Waals surface area contributed by atoms with E-state index >= 15 is 0 Å². The van der Waals surface area contributed by atoms with Gasteiger partial charge in [-0.3, -0.25) is 4.79 Å². The lowest BCUT2D eigenvalue weighted by Crippen LogP contribution is -2.46. The van der Waals surface area contributed by atoms with E-state index in [2.05, 4.69) is 5.32 Å². The molecule has 0 spiro atoms. The number of aliphatic hydroxyl groups is 2. The molecule has 2 unspecified atom stereocenters. The van der Waals surface area contributed by atoms with Gasteiger partial charge in [-0.1, -0.05) is 96.0 Å². The molecule has 0 aliphatic carbocycles. The molecule has 6 rings (SSSR count). The number of halogens is 2. The zero-order valence-electron chi connectivity index (χ0n) is 35.4. The number of carboxylic acid groups (broad SMARTS) is 2. The van der Waals surface area contributed by atoms with Crippen molar-refractivity contribution in [1.82, 2.24) is 5.32 Å². The summed E-state index contributed by atoms with van der Waals surface area (Å²) in [4.78, 5) is 45.3. The summed E-state index contributed by atoms with van der Waals surface area (Å²) < 4.78 is 15.2. The summed E-state index contributed by atoms with van der Waals surface area (Å²) in [6, 6.07) is 30.2. The van der Waals surface area contributed by atoms with Crippen molar-refractivity contribution in [3.05, 3.63) is 118 Å². The lowest BCUT2D eigenvalue weighted by Gasteiger charge is -2.26. The summed E-state index contributed by atoms with van der Waals surface area (Å²) in [6.07, 6.45) is 2.47. The summed E-state index contributed by atoms with van der Waals surface area (Å²) in [7, 11) is 0. The molecule has 0 bridgehead atoms. The average molecular weight is 910 g/mol. The summed E-state index contributed by atoms with van der Waals surface area (Å²) in [5, 5.41) is 41.3. The molecule has 7 N–H and O–H groups in total. The van der Waals surface area contributed by atoms with Crippen molar-refractivity contribution < 1.29 is 53.8 Å². The number of rotatable bonds is 16. The van der Waals surface area contributed by atoms with Crippen LogP contribution in [0.15, 0.2) is 97.1 Å². The minimum absolute atomic E-state index is 0.0795. The van der Waals surface area contributed by atoms with E-state index in [1.165, 1.54) is 0 Å². The fourth-order valence-electron chi connectivity index (χ4n) is 7.04. The van der Waals surface area contributed by atoms with E-state index in [1.807, 2.05) is 97.1 Å². The monoisotopic (exact) mass is 908 g/mol. The molecule has 6 atom stereocenters. The van der Waals surface area contributed by atoms with Gasteiger partial charge in [0.15, 0.2) is 18.3 Å². The van der Waals surface area contributed by atoms with Gasteiger partial charge < -0.3 is 45.7 Å². The van der Waals surface area contributed by atoms with Gasteiger partial charge in [0.1, 0.15) is 6.10 Å². The summed E-state index contributed by atoms with van der Waals surface area (Å²) in [6.45, 7) is 3.10. The van der Waals surface area contributed by atoms with Gasteiger partial charge in [0.25, 0.3) is 0 Å². The normalized spacial score (nSPS) is 17.8. The Morgan fingerprint density at radius 1 is 0.698 bits per heavy atom. The van der Waals surface area contributed by atoms with Crippen LogP contribution in [-0.2, 0) is 46.2 Å². The molecule has 2 aliphatic rings. The summed E-state index contributed by atoms with van der Waals surface area (Å²) in [5.41, 5.74) is 12.1. The van der Waals surface area contributed by atoms with Gasteiger partial charge in [0.2, 0.25) is 5.91 Å². The molecule has 15 heteroatoms. The first-order valence-electron chi connectivity index (χ1n) is 21.2. The number of hydrogen-bond donors (Lipinski definition) is 6. The van der Waals surface area contributed by atoms with Crippen LogP contribution in [0.3, 0.4) is 0 Å². The SMILES string of the molecule is CCOC(=O)[C@H](O)C[C@H](N)Cc1ccc(-c2cccc(Cl)c2)cc1.O=C(N[C@H](Cc1ccc(-c2cccc(Cl)c2)cc1)C[C@@H](O)C(=O)O)C1CCCCO1.O=C(O)C1CCCCO1. The largest absolute Gasteiger partial charge is 0.479 e. The molecule has 2 saturated heterocycles. The van der Waals surface area contributed by atoms with Crippen LogP contribution in [0.1, 0.15) is 69.4 Å². The Hall–Kier alpha value is -4.86. The third-order valence-corrected chi connectivity index (χ3v) is 10.8. The topological polar surface area (TPSA) is 215 Å². The lowest BCUT2D eigenvalue weighted by atomic mass is 9.97. The van der Waals surface area contributed by atoms with Crippen LogP contribution in [0.4, 0.5) is 0 Å². The minimum Gasteiger partial charge on any atom is -0.479 e. The predicted octanol–water partition coefficient (Wildman–Crippen LogP) is 7.27. The van der Waals surface area contributed by atoms with Crippen LogP contribution in [-0.4, -0.2) is 101 Å². The highest BCUT2D eigenvalue weighted by molar-refractivity contribution is 6.31. The van der Waals surface area contributed by atoms with Gasteiger partial charge in [-0.05, 0) is 122 Å². The number of carbonyl (C=O) groups excluding carboxylic acids is 2. The van der Waals surface area contributed by atoms with Crippen molar-refractivity contribution in [3.8, 4) is 22.3 Å². The zero-order chi connectivity index (χ0) is 45.7. The van der Waals surface area contributed by atoms with Gasteiger partial charge in [-0.15, -0.1) is 0 Å². The maximum absolute atomic E-state index is 12.5. The van der Waals surface area contributed by atoms with E-state index in [4.69, 9.17) is 53.4 Å². The Kier molecular flexibility index (Phi) is 21.5. The Labute approximate surface area is 378 Å². The molecule has 0 aromatic heterocycles. The number of carboxylic acids is 2. The fourth-order valence-corrected chi connectivity index (χ4v) is 7.42. The molecule has 2 heterocycles. The molecule has 0 saturated carbocycles. The summed E-state index contributed by atoms with van der Waals surface area (Å²) in [5.74, 6) is -3.01. The second-order valence-electron chi connectivity index (χ2n) is 15.4. The van der Waals surface area contributed by atoms with Crippen LogP contribution in [0.5, 0.6) is 0 Å². The van der Waals surface area contributed by atoms with Gasteiger partial charge in [-0.25, -0.2) is 14.4 Å². The molecule has 340 valence electrons. The number of hydrogen-bond acceptors (Lipinski definition) is 10. The number of amides is 1. The molecular formula is C48H58Cl2N2O11. The van der Waals surface area contributed by atoms with E-state index < -0.39 is 48.4 Å². The van der Waals surface area contributed by atoms with E-state index in [9.17, 15) is 29.4 Å². The molecule has 1 amide bonds. The zero-order valence-corrected chi connectivity index (χ0v) is 36.9. The number of ether oxygens (including phenoxy) is 3. The van der Waals surface area contributed by atoms with Crippen LogP contribution < -0.4 is 11.1 Å². The molecule has 4 aromatic carbocycles. The fraction of sp³-hybridized carbons (Fsp3) is 0.417. The first-order valence-corrected chi connectivity index (χ1v) is 21.9. The number of nitrogens with two attached hydrogens (primary N) is 1. The highest BCUT2D eigenvalue weighted by Gasteiger charge is 2.27. The molecule has 2 aliphatic heterocycles. The Morgan fingerprint density at radius 3 is 1.63 bits per heavy atom. The third-order valence-electron chi connectivity index (χ3n) is 10.4. The van der Waals surface area contributed by atoms with E-state index in [1.54, 1.807) is 6.92 Å². The molecule has 2 fully saturated rings. The van der Waals surface area contributed by atoms with Crippen LogP contribution >= 0.6 is 23.2 Å². The maximum atomic E-state index is 12.5. The van der Waals surface area contributed by atoms with Crippen LogP contribution in [0.25, 0.3) is 22.3 Å². The van der Waals surface area contributed by atoms with Crippen molar-refractivity contribution in [2.24, 2.45) is 5.73 Å². The second kappa shape index (κ2) is 26.7. The highest BCUT2D eigenvalue weighted by atomic mass is 35.5. The van der Waals surface area contributed by atoms with Crippen molar-refractivity contribution in [1.29, 1.82) is 0 Å². The third kappa shape index (κ3) is 18.0. The van der Waals surface area contributed by atoms with Crippen LogP contribution in [0.2, 0.25) is 10.0 Å². The van der Waals surface area contributed by atoms with E-state index in [0.29, 0.717) is 48.9 Å². The van der Waals surface area contributed by atoms with Crippen molar-refractivity contribution in [2.45, 2.75) is 108 Å². The van der Waals surface area contributed by atoms with Crippen molar-refractivity contribution in [3.63, 3.8) is 0 Å². The number of carbonyl (C=O) groups is 4. The number of aliphatic carboxylic acids is 2. The average Bonchev–Trinajstić information content (AvgIpc) is 3.28. The summed E-state index contributed by atoms with van der Waals surface area (Å²) >= 11 is 12.1. The Morgan fingerprint density at radius 2 is 1.21 bits per heavy atom. The number of benzene rings is 4. The predicted molar refractivity (Wildman–Crippen MR) is 241 cm³/mol. The molecule has 0 radical (unpaired) electrons. The second-order valence-corrected chi connectivity index (χ2v) is 16.3. The Bertz CT molecular complexity index is 2040. The molecule has 4 aromatic rings. The van der Waals surface area contributed by atoms with Crippen molar-refractivity contribution in [2.75, 3.05) is 19.8 Å². The smallest absolute Gasteiger partial charge is 0.335 e. The lowest BCUT2D eigenvalue weighted by molar-refractivity contribution is -0.154.